The monoisotopic (exact) mass is 352 g/mol. The van der Waals surface area contributed by atoms with Crippen LogP contribution in [0.1, 0.15) is 60.8 Å². The first-order valence-corrected chi connectivity index (χ1v) is 9.42. The van der Waals surface area contributed by atoms with Crippen molar-refractivity contribution in [2.75, 3.05) is 0 Å². The fourth-order valence-electron chi connectivity index (χ4n) is 5.16. The van der Waals surface area contributed by atoms with E-state index in [1.165, 1.54) is 22.3 Å². The molecule has 132 valence electrons. The van der Waals surface area contributed by atoms with Crippen LogP contribution in [0.3, 0.4) is 0 Å². The van der Waals surface area contributed by atoms with Crippen molar-refractivity contribution in [3.63, 3.8) is 0 Å². The maximum Gasteiger partial charge on any atom is 0.197 e. The zero-order valence-corrected chi connectivity index (χ0v) is 14.7. The lowest BCUT2D eigenvalue weighted by atomic mass is 9.64. The highest BCUT2D eigenvalue weighted by Gasteiger charge is 2.49. The average Bonchev–Trinajstić information content (AvgIpc) is 2.90. The Balaban J connectivity index is 1.57. The molecule has 1 aromatic carbocycles. The summed E-state index contributed by atoms with van der Waals surface area (Å²) in [5.41, 5.74) is 5.92. The Kier molecular flexibility index (Phi) is 4.62. The molecule has 1 saturated carbocycles. The normalized spacial score (nSPS) is 34.5. The lowest BCUT2D eigenvalue weighted by Crippen LogP contribution is -2.36. The highest BCUT2D eigenvalue weighted by Crippen LogP contribution is 2.56. The van der Waals surface area contributed by atoms with Crippen LogP contribution in [0.5, 0.6) is 0 Å². The molecule has 3 aliphatic carbocycles. The van der Waals surface area contributed by atoms with Crippen molar-refractivity contribution in [3.8, 4) is 0 Å². The largest absolute Gasteiger partial charge is 0.393 e. The van der Waals surface area contributed by atoms with Crippen LogP contribution < -0.4 is 0 Å². The van der Waals surface area contributed by atoms with Crippen LogP contribution in [0, 0.1) is 5.41 Å². The first-order valence-electron chi connectivity index (χ1n) is 8.75. The molecule has 1 aromatic rings. The summed E-state index contributed by atoms with van der Waals surface area (Å²) in [6.45, 7) is 2.27. The van der Waals surface area contributed by atoms with E-state index < -0.39 is 0 Å². The molecule has 1 fully saturated rings. The maximum absolute atomic E-state index is 10.4. The van der Waals surface area contributed by atoms with Gasteiger partial charge in [-0.3, -0.25) is 4.18 Å². The SMILES string of the molecule is CC12CCc3c(ccc4c3CC[C@@H](OSOOO)C4)C1CC[C@@H]2O. The molecule has 0 heterocycles. The molecule has 0 spiro atoms. The highest BCUT2D eigenvalue weighted by molar-refractivity contribution is 7.89. The fraction of sp³-hybridized carbons (Fsp3) is 0.667. The van der Waals surface area contributed by atoms with E-state index in [9.17, 15) is 5.11 Å². The molecule has 0 bridgehead atoms. The van der Waals surface area contributed by atoms with Crippen LogP contribution in [0.25, 0.3) is 0 Å². The van der Waals surface area contributed by atoms with Crippen LogP contribution >= 0.6 is 12.3 Å². The Labute approximate surface area is 146 Å². The summed E-state index contributed by atoms with van der Waals surface area (Å²) in [7, 11) is 0. The van der Waals surface area contributed by atoms with Crippen molar-refractivity contribution in [2.45, 2.75) is 70.0 Å². The van der Waals surface area contributed by atoms with Gasteiger partial charge < -0.3 is 5.11 Å². The van der Waals surface area contributed by atoms with Gasteiger partial charge in [-0.2, -0.15) is 0 Å². The van der Waals surface area contributed by atoms with Crippen molar-refractivity contribution in [3.05, 3.63) is 34.4 Å². The molecule has 0 saturated heterocycles. The van der Waals surface area contributed by atoms with Crippen molar-refractivity contribution >= 4 is 12.3 Å². The molecule has 5 nitrogen and oxygen atoms in total. The van der Waals surface area contributed by atoms with Gasteiger partial charge in [-0.15, -0.1) is 4.33 Å². The predicted octanol–water partition coefficient (Wildman–Crippen LogP) is 3.74. The predicted molar refractivity (Wildman–Crippen MR) is 90.1 cm³/mol. The molecular weight excluding hydrogens is 328 g/mol. The lowest BCUT2D eigenvalue weighted by Gasteiger charge is -2.41. The molecule has 24 heavy (non-hydrogen) atoms. The second-order valence-corrected chi connectivity index (χ2v) is 8.06. The number of benzene rings is 1. The van der Waals surface area contributed by atoms with Gasteiger partial charge >= 0.3 is 0 Å². The molecule has 0 aromatic heterocycles. The minimum atomic E-state index is -0.157. The number of hydrogen-bond acceptors (Lipinski definition) is 6. The fourth-order valence-corrected chi connectivity index (χ4v) is 5.50. The Bertz CT molecular complexity index is 622. The van der Waals surface area contributed by atoms with Crippen LogP contribution in [-0.4, -0.2) is 22.6 Å². The molecule has 3 aliphatic rings. The highest BCUT2D eigenvalue weighted by atomic mass is 32.2. The average molecular weight is 352 g/mol. The summed E-state index contributed by atoms with van der Waals surface area (Å²) < 4.78 is 9.81. The molecule has 0 radical (unpaired) electrons. The van der Waals surface area contributed by atoms with Crippen molar-refractivity contribution in [1.29, 1.82) is 0 Å². The number of hydrogen-bond donors (Lipinski definition) is 2. The van der Waals surface area contributed by atoms with Crippen LogP contribution in [0.4, 0.5) is 0 Å². The van der Waals surface area contributed by atoms with E-state index in [-0.39, 0.29) is 17.6 Å². The Hall–Kier alpha value is -0.630. The standard InChI is InChI=1S/C18H24O5S/c1-18-9-8-14-13-5-3-12(21-24-23-22-20)10-11(13)2-4-15(14)16(18)6-7-17(18)19/h2,4,12,16-17,19-20H,3,5-10H2,1H3/t12-,16?,17+,18?/m1/s1. The molecule has 4 rings (SSSR count). The topological polar surface area (TPSA) is 68.2 Å². The van der Waals surface area contributed by atoms with Crippen molar-refractivity contribution in [1.82, 2.24) is 0 Å². The summed E-state index contributed by atoms with van der Waals surface area (Å²) in [6.07, 6.45) is 6.90. The maximum atomic E-state index is 10.4. The van der Waals surface area contributed by atoms with Gasteiger partial charge in [-0.25, -0.2) is 5.26 Å². The van der Waals surface area contributed by atoms with Crippen LogP contribution in [-0.2, 0) is 32.8 Å². The van der Waals surface area contributed by atoms with E-state index in [1.807, 2.05) is 0 Å². The van der Waals surface area contributed by atoms with E-state index >= 15 is 0 Å². The zero-order chi connectivity index (χ0) is 16.7. The molecule has 6 heteroatoms. The van der Waals surface area contributed by atoms with Gasteiger partial charge in [0.25, 0.3) is 0 Å². The molecule has 2 N–H and O–H groups in total. The third-order valence-corrected chi connectivity index (χ3v) is 7.00. The third kappa shape index (κ3) is 2.69. The molecule has 4 atom stereocenters. The van der Waals surface area contributed by atoms with Crippen molar-refractivity contribution in [2.24, 2.45) is 5.41 Å². The minimum Gasteiger partial charge on any atom is -0.393 e. The van der Waals surface area contributed by atoms with Crippen LogP contribution in [0.2, 0.25) is 0 Å². The van der Waals surface area contributed by atoms with E-state index in [0.29, 0.717) is 18.2 Å². The number of fused-ring (bicyclic) bond motifs is 5. The first kappa shape index (κ1) is 16.8. The number of aliphatic hydroxyl groups is 1. The number of rotatable bonds is 4. The zero-order valence-electron chi connectivity index (χ0n) is 13.9. The van der Waals surface area contributed by atoms with Gasteiger partial charge in [0.2, 0.25) is 0 Å². The Morgan fingerprint density at radius 3 is 2.88 bits per heavy atom. The van der Waals surface area contributed by atoms with Gasteiger partial charge in [-0.1, -0.05) is 24.1 Å². The van der Waals surface area contributed by atoms with E-state index in [1.54, 1.807) is 0 Å². The van der Waals surface area contributed by atoms with Gasteiger partial charge in [0, 0.05) is 11.8 Å². The van der Waals surface area contributed by atoms with E-state index in [0.717, 1.165) is 44.9 Å². The third-order valence-electron chi connectivity index (χ3n) is 6.54. The summed E-state index contributed by atoms with van der Waals surface area (Å²) in [6, 6.07) is 4.53. The quantitative estimate of drug-likeness (QED) is 0.372. The number of aliphatic hydroxyl groups excluding tert-OH is 1. The van der Waals surface area contributed by atoms with Gasteiger partial charge in [0.15, 0.2) is 12.3 Å². The van der Waals surface area contributed by atoms with E-state index in [4.69, 9.17) is 9.44 Å². The van der Waals surface area contributed by atoms with Gasteiger partial charge in [-0.05, 0) is 66.7 Å². The van der Waals surface area contributed by atoms with Crippen molar-refractivity contribution < 1.29 is 23.9 Å². The summed E-state index contributed by atoms with van der Waals surface area (Å²) >= 11 is 0.675. The van der Waals surface area contributed by atoms with Gasteiger partial charge in [0.1, 0.15) is 0 Å². The van der Waals surface area contributed by atoms with Gasteiger partial charge in [0.05, 0.1) is 12.2 Å². The summed E-state index contributed by atoms with van der Waals surface area (Å²) in [5, 5.41) is 22.1. The Morgan fingerprint density at radius 1 is 1.17 bits per heavy atom. The smallest absolute Gasteiger partial charge is 0.197 e. The lowest BCUT2D eigenvalue weighted by molar-refractivity contribution is -0.434. The Morgan fingerprint density at radius 2 is 2.04 bits per heavy atom. The minimum absolute atomic E-state index is 0.0554. The van der Waals surface area contributed by atoms with E-state index in [2.05, 4.69) is 28.4 Å². The molecular formula is C18H24O5S. The molecule has 0 amide bonds. The molecule has 2 unspecified atom stereocenters. The van der Waals surface area contributed by atoms with Crippen LogP contribution in [0.15, 0.2) is 12.1 Å². The first-order chi connectivity index (χ1) is 11.6. The summed E-state index contributed by atoms with van der Waals surface area (Å²) in [5.74, 6) is 0.501. The summed E-state index contributed by atoms with van der Waals surface area (Å²) in [4.78, 5) is 0. The second-order valence-electron chi connectivity index (χ2n) is 7.59. The second kappa shape index (κ2) is 6.59. The molecule has 0 aliphatic heterocycles.